The summed E-state index contributed by atoms with van der Waals surface area (Å²) in [7, 11) is 3.50. The first-order valence-electron chi connectivity index (χ1n) is 13.3. The van der Waals surface area contributed by atoms with E-state index in [1.54, 1.807) is 14.2 Å². The van der Waals surface area contributed by atoms with Gasteiger partial charge >= 0.3 is 0 Å². The average molecular weight is 499 g/mol. The van der Waals surface area contributed by atoms with E-state index in [9.17, 15) is 0 Å². The molecule has 3 nitrogen and oxygen atoms in total. The van der Waals surface area contributed by atoms with Crippen LogP contribution in [0.3, 0.4) is 0 Å². The van der Waals surface area contributed by atoms with E-state index < -0.39 is 0 Å². The van der Waals surface area contributed by atoms with E-state index in [0.29, 0.717) is 6.61 Å². The molecule has 1 atom stereocenters. The molecule has 5 aromatic rings. The molecule has 5 aromatic carbocycles. The maximum Gasteiger partial charge on any atom is 0.130 e. The Morgan fingerprint density at radius 2 is 1.47 bits per heavy atom. The monoisotopic (exact) mass is 498 g/mol. The third-order valence-electron chi connectivity index (χ3n) is 8.46. The van der Waals surface area contributed by atoms with E-state index >= 15 is 0 Å². The fourth-order valence-corrected chi connectivity index (χ4v) is 6.62. The molecule has 0 saturated heterocycles. The van der Waals surface area contributed by atoms with Gasteiger partial charge in [0.15, 0.2) is 0 Å². The number of ether oxygens (including phenoxy) is 3. The lowest BCUT2D eigenvalue weighted by molar-refractivity contribution is 0.216. The van der Waals surface area contributed by atoms with Crippen molar-refractivity contribution in [2.75, 3.05) is 20.8 Å². The van der Waals surface area contributed by atoms with Crippen molar-refractivity contribution in [1.82, 2.24) is 0 Å². The van der Waals surface area contributed by atoms with Crippen LogP contribution in [0.5, 0.6) is 11.5 Å². The lowest BCUT2D eigenvalue weighted by Crippen LogP contribution is -2.41. The van der Waals surface area contributed by atoms with Crippen LogP contribution in [0.25, 0.3) is 27.3 Å². The number of hydrogen-bond donors (Lipinski definition) is 0. The lowest BCUT2D eigenvalue weighted by atomic mass is 9.68. The molecule has 188 valence electrons. The van der Waals surface area contributed by atoms with E-state index in [2.05, 4.69) is 97.1 Å². The molecule has 0 aromatic heterocycles. The maximum absolute atomic E-state index is 6.91. The van der Waals surface area contributed by atoms with Crippen LogP contribution in [-0.4, -0.2) is 20.8 Å². The molecular formula is C35H30O3. The van der Waals surface area contributed by atoms with Crippen LogP contribution in [0.1, 0.15) is 34.2 Å². The molecule has 0 N–H and O–H groups in total. The fraction of sp³-hybridized carbons (Fsp3) is 0.200. The highest BCUT2D eigenvalue weighted by Gasteiger charge is 2.42. The molecule has 0 fully saturated rings. The third kappa shape index (κ3) is 3.35. The van der Waals surface area contributed by atoms with Crippen LogP contribution in [-0.2, 0) is 23.0 Å². The predicted molar refractivity (Wildman–Crippen MR) is 154 cm³/mol. The summed E-state index contributed by atoms with van der Waals surface area (Å²) in [6.07, 6.45) is 5.04. The average Bonchev–Trinajstić information content (AvgIpc) is 3.00. The summed E-state index contributed by atoms with van der Waals surface area (Å²) in [6.45, 7) is 0.573. The quantitative estimate of drug-likeness (QED) is 0.236. The van der Waals surface area contributed by atoms with Gasteiger partial charge in [0.05, 0.1) is 19.6 Å². The highest BCUT2D eigenvalue weighted by atomic mass is 16.5. The molecule has 1 unspecified atom stereocenters. The van der Waals surface area contributed by atoms with Crippen molar-refractivity contribution in [3.8, 4) is 11.5 Å². The minimum absolute atomic E-state index is 0.312. The molecule has 1 aliphatic heterocycles. The van der Waals surface area contributed by atoms with Crippen LogP contribution in [0.15, 0.2) is 97.1 Å². The van der Waals surface area contributed by atoms with Gasteiger partial charge in [0, 0.05) is 21.9 Å². The third-order valence-corrected chi connectivity index (χ3v) is 8.46. The zero-order valence-electron chi connectivity index (χ0n) is 21.8. The first-order valence-corrected chi connectivity index (χ1v) is 13.3. The van der Waals surface area contributed by atoms with E-state index in [1.165, 1.54) is 49.4 Å². The van der Waals surface area contributed by atoms with Crippen LogP contribution >= 0.6 is 0 Å². The van der Waals surface area contributed by atoms with Gasteiger partial charge in [0.2, 0.25) is 0 Å². The first kappa shape index (κ1) is 22.9. The van der Waals surface area contributed by atoms with Gasteiger partial charge in [-0.1, -0.05) is 72.8 Å². The SMILES string of the molecule is COC1=CCCc2c3c(c4ccc5ccccc5c4c21)OCC(c1ccccc1)(c1ccc(OC)cc1)C3. The normalized spacial score (nSPS) is 18.3. The summed E-state index contributed by atoms with van der Waals surface area (Å²) in [4.78, 5) is 0. The smallest absolute Gasteiger partial charge is 0.130 e. The van der Waals surface area contributed by atoms with Crippen molar-refractivity contribution in [2.45, 2.75) is 24.7 Å². The summed E-state index contributed by atoms with van der Waals surface area (Å²) in [5.41, 5.74) is 6.08. The summed E-state index contributed by atoms with van der Waals surface area (Å²) < 4.78 is 18.4. The van der Waals surface area contributed by atoms with Gasteiger partial charge in [-0.25, -0.2) is 0 Å². The van der Waals surface area contributed by atoms with Crippen molar-refractivity contribution >= 4 is 27.3 Å². The molecule has 0 bridgehead atoms. The Morgan fingerprint density at radius 3 is 2.26 bits per heavy atom. The van der Waals surface area contributed by atoms with Gasteiger partial charge in [-0.05, 0) is 71.0 Å². The molecule has 1 aliphatic carbocycles. The Balaban J connectivity index is 1.53. The van der Waals surface area contributed by atoms with Crippen LogP contribution in [0.4, 0.5) is 0 Å². The number of methoxy groups -OCH3 is 2. The standard InChI is InChI=1S/C35H30O3/c1-36-26-18-16-25(17-19-26)35(24-10-4-3-5-11-24)21-30-28-13-8-14-31(37-2)33(28)32-27-12-7-6-9-23(27)15-20-29(32)34(30)38-22-35/h3-7,9-12,14-20H,8,13,21-22H2,1-2H3. The van der Waals surface area contributed by atoms with Gasteiger partial charge in [-0.3, -0.25) is 0 Å². The van der Waals surface area contributed by atoms with E-state index in [4.69, 9.17) is 14.2 Å². The molecule has 0 radical (unpaired) electrons. The maximum atomic E-state index is 6.91. The van der Waals surface area contributed by atoms with Crippen molar-refractivity contribution in [3.05, 3.63) is 125 Å². The van der Waals surface area contributed by atoms with Crippen molar-refractivity contribution in [3.63, 3.8) is 0 Å². The van der Waals surface area contributed by atoms with Crippen molar-refractivity contribution in [1.29, 1.82) is 0 Å². The molecule has 2 aliphatic rings. The van der Waals surface area contributed by atoms with Crippen LogP contribution in [0, 0.1) is 0 Å². The summed E-state index contributed by atoms with van der Waals surface area (Å²) in [6, 6.07) is 32.4. The van der Waals surface area contributed by atoms with Gasteiger partial charge in [0.1, 0.15) is 23.9 Å². The second-order valence-corrected chi connectivity index (χ2v) is 10.3. The highest BCUT2D eigenvalue weighted by Crippen LogP contribution is 2.51. The summed E-state index contributed by atoms with van der Waals surface area (Å²) in [5, 5.41) is 4.88. The molecule has 3 heteroatoms. The molecule has 7 rings (SSSR count). The molecule has 0 saturated carbocycles. The number of hydrogen-bond acceptors (Lipinski definition) is 3. The number of fused-ring (bicyclic) bond motifs is 8. The number of benzene rings is 5. The van der Waals surface area contributed by atoms with Gasteiger partial charge in [-0.2, -0.15) is 0 Å². The van der Waals surface area contributed by atoms with Crippen LogP contribution in [0.2, 0.25) is 0 Å². The van der Waals surface area contributed by atoms with Gasteiger partial charge in [0.25, 0.3) is 0 Å². The molecular weight excluding hydrogens is 468 g/mol. The Hall–Kier alpha value is -4.24. The molecule has 0 spiro atoms. The Morgan fingerprint density at radius 1 is 0.711 bits per heavy atom. The molecule has 1 heterocycles. The molecule has 0 amide bonds. The van der Waals surface area contributed by atoms with E-state index in [-0.39, 0.29) is 5.41 Å². The Bertz CT molecular complexity index is 1700. The largest absolute Gasteiger partial charge is 0.497 e. The Labute approximate surface area is 223 Å². The second kappa shape index (κ2) is 8.95. The predicted octanol–water partition coefficient (Wildman–Crippen LogP) is 7.86. The minimum atomic E-state index is -0.312. The van der Waals surface area contributed by atoms with E-state index in [0.717, 1.165) is 36.5 Å². The first-order chi connectivity index (χ1) is 18.7. The highest BCUT2D eigenvalue weighted by molar-refractivity contribution is 6.15. The van der Waals surface area contributed by atoms with Gasteiger partial charge < -0.3 is 14.2 Å². The summed E-state index contributed by atoms with van der Waals surface area (Å²) in [5.74, 6) is 2.86. The Kier molecular flexibility index (Phi) is 5.40. The zero-order valence-corrected chi connectivity index (χ0v) is 21.8. The van der Waals surface area contributed by atoms with Gasteiger partial charge in [-0.15, -0.1) is 0 Å². The fourth-order valence-electron chi connectivity index (χ4n) is 6.62. The lowest BCUT2D eigenvalue weighted by Gasteiger charge is -2.41. The van der Waals surface area contributed by atoms with Crippen LogP contribution < -0.4 is 9.47 Å². The molecule has 38 heavy (non-hydrogen) atoms. The number of rotatable bonds is 4. The summed E-state index contributed by atoms with van der Waals surface area (Å²) >= 11 is 0. The topological polar surface area (TPSA) is 27.7 Å². The van der Waals surface area contributed by atoms with Crippen molar-refractivity contribution < 1.29 is 14.2 Å². The number of allylic oxidation sites excluding steroid dienone is 1. The van der Waals surface area contributed by atoms with Crippen molar-refractivity contribution in [2.24, 2.45) is 0 Å². The minimum Gasteiger partial charge on any atom is -0.497 e. The zero-order chi connectivity index (χ0) is 25.7. The second-order valence-electron chi connectivity index (χ2n) is 10.3. The van der Waals surface area contributed by atoms with E-state index in [1.807, 2.05) is 0 Å².